The molecule has 1 amide bonds. The summed E-state index contributed by atoms with van der Waals surface area (Å²) in [5.74, 6) is 3.15. The van der Waals surface area contributed by atoms with Gasteiger partial charge in [0, 0.05) is 19.1 Å². The van der Waals surface area contributed by atoms with Gasteiger partial charge in [0.25, 0.3) is 5.91 Å². The predicted molar refractivity (Wildman–Crippen MR) is 154 cm³/mol. The molecule has 4 aliphatic carbocycles. The van der Waals surface area contributed by atoms with Gasteiger partial charge in [0.2, 0.25) is 0 Å². The molecule has 4 saturated carbocycles. The summed E-state index contributed by atoms with van der Waals surface area (Å²) >= 11 is 1.54. The number of carbonyl (C=O) groups is 1. The first-order chi connectivity index (χ1) is 18.5. The summed E-state index contributed by atoms with van der Waals surface area (Å²) in [5, 5.41) is 11.8. The van der Waals surface area contributed by atoms with Crippen molar-refractivity contribution in [3.8, 4) is 16.9 Å². The molecule has 2 aromatic carbocycles. The Bertz CT molecular complexity index is 1270. The normalized spacial score (nSPS) is 33.8. The van der Waals surface area contributed by atoms with E-state index >= 15 is 0 Å². The van der Waals surface area contributed by atoms with Gasteiger partial charge in [-0.15, -0.1) is 0 Å². The van der Waals surface area contributed by atoms with Crippen LogP contribution in [0.3, 0.4) is 0 Å². The van der Waals surface area contributed by atoms with Gasteiger partial charge in [0.1, 0.15) is 5.75 Å². The van der Waals surface area contributed by atoms with Crippen LogP contribution in [0.5, 0.6) is 5.75 Å². The molecular weight excluding hydrogens is 490 g/mol. The molecule has 6 aliphatic rings. The van der Waals surface area contributed by atoms with Crippen LogP contribution in [0.4, 0.5) is 0 Å². The van der Waals surface area contributed by atoms with Crippen LogP contribution in [-0.4, -0.2) is 29.3 Å². The fourth-order valence-electron chi connectivity index (χ4n) is 8.42. The maximum atomic E-state index is 12.8. The Morgan fingerprint density at radius 2 is 1.71 bits per heavy atom. The van der Waals surface area contributed by atoms with Crippen LogP contribution in [0, 0.1) is 23.7 Å². The van der Waals surface area contributed by atoms with Gasteiger partial charge in [-0.1, -0.05) is 42.4 Å². The highest BCUT2D eigenvalue weighted by Crippen LogP contribution is 2.61. The van der Waals surface area contributed by atoms with E-state index in [9.17, 15) is 9.90 Å². The molecule has 4 bridgehead atoms. The van der Waals surface area contributed by atoms with Gasteiger partial charge in [-0.05, 0) is 127 Å². The van der Waals surface area contributed by atoms with Crippen molar-refractivity contribution >= 4 is 28.8 Å². The zero-order valence-electron chi connectivity index (χ0n) is 22.0. The third kappa shape index (κ3) is 4.77. The van der Waals surface area contributed by atoms with Gasteiger partial charge in [0.15, 0.2) is 0 Å². The monoisotopic (exact) mass is 527 g/mol. The molecule has 0 radical (unpaired) electrons. The molecule has 38 heavy (non-hydrogen) atoms. The van der Waals surface area contributed by atoms with Crippen molar-refractivity contribution in [1.82, 2.24) is 0 Å². The highest BCUT2D eigenvalue weighted by molar-refractivity contribution is 8.18. The Labute approximate surface area is 230 Å². The molecule has 5 fully saturated rings. The Morgan fingerprint density at radius 3 is 2.50 bits per heavy atom. The van der Waals surface area contributed by atoms with Crippen molar-refractivity contribution in [3.05, 3.63) is 58.5 Å². The molecule has 2 heterocycles. The van der Waals surface area contributed by atoms with E-state index in [2.05, 4.69) is 29.3 Å². The van der Waals surface area contributed by atoms with E-state index in [1.54, 1.807) is 11.8 Å². The summed E-state index contributed by atoms with van der Waals surface area (Å²) < 4.78 is 5.67. The molecule has 1 atom stereocenters. The Balaban J connectivity index is 1.14. The standard InChI is InChI=1S/C33H37NO3S/c35-29-16-27(15-28(17-29)33-18-22-10-23(19-33)12-24(11-22)20-33)26-6-3-4-21(13-26)14-30-31(36)34-32(38-30)25-5-1-2-8-37-9-7-25/h3-4,6,13-17,22-25,35H,1-2,5,7-12,18-20H2/b30-14-. The fraction of sp³-hybridized carbons (Fsp3) is 0.515. The van der Waals surface area contributed by atoms with Crippen molar-refractivity contribution < 1.29 is 14.6 Å². The molecular formula is C33H37NO3S. The molecule has 1 unspecified atom stereocenters. The number of hydrogen-bond donors (Lipinski definition) is 1. The largest absolute Gasteiger partial charge is 0.508 e. The van der Waals surface area contributed by atoms with Gasteiger partial charge < -0.3 is 9.84 Å². The van der Waals surface area contributed by atoms with Gasteiger partial charge in [-0.25, -0.2) is 4.99 Å². The highest BCUT2D eigenvalue weighted by atomic mass is 32.2. The average Bonchev–Trinajstić information content (AvgIpc) is 3.22. The highest BCUT2D eigenvalue weighted by Gasteiger charge is 2.51. The predicted octanol–water partition coefficient (Wildman–Crippen LogP) is 7.75. The van der Waals surface area contributed by atoms with Gasteiger partial charge >= 0.3 is 0 Å². The lowest BCUT2D eigenvalue weighted by Crippen LogP contribution is -2.48. The van der Waals surface area contributed by atoms with Crippen LogP contribution in [0.1, 0.15) is 75.3 Å². The zero-order chi connectivity index (χ0) is 25.7. The third-order valence-electron chi connectivity index (χ3n) is 9.77. The summed E-state index contributed by atoms with van der Waals surface area (Å²) in [6.45, 7) is 1.59. The molecule has 0 spiro atoms. The van der Waals surface area contributed by atoms with E-state index < -0.39 is 0 Å². The number of hydrogen-bond acceptors (Lipinski definition) is 4. The van der Waals surface area contributed by atoms with Crippen molar-refractivity contribution in [2.24, 2.45) is 28.7 Å². The number of thioether (sulfide) groups is 1. The van der Waals surface area contributed by atoms with Crippen LogP contribution in [-0.2, 0) is 14.9 Å². The van der Waals surface area contributed by atoms with Crippen molar-refractivity contribution in [1.29, 1.82) is 0 Å². The number of phenols is 1. The van der Waals surface area contributed by atoms with E-state index in [-0.39, 0.29) is 11.3 Å². The van der Waals surface area contributed by atoms with Crippen molar-refractivity contribution in [3.63, 3.8) is 0 Å². The molecule has 2 aliphatic heterocycles. The van der Waals surface area contributed by atoms with Crippen LogP contribution in [0.2, 0.25) is 0 Å². The Morgan fingerprint density at radius 1 is 0.921 bits per heavy atom. The SMILES string of the molecule is O=C1N=C(C2CCCCOCC2)S/C1=C\c1cccc(-c2cc(O)cc(C34CC5CC(CC(C5)C3)C4)c2)c1. The van der Waals surface area contributed by atoms with Crippen LogP contribution < -0.4 is 0 Å². The number of phenolic OH excluding ortho intramolecular Hbond substituents is 1. The van der Waals surface area contributed by atoms with Crippen LogP contribution in [0.25, 0.3) is 17.2 Å². The number of carbonyl (C=O) groups excluding carboxylic acids is 1. The molecule has 1 saturated heterocycles. The number of amides is 1. The van der Waals surface area contributed by atoms with Gasteiger partial charge in [-0.2, -0.15) is 0 Å². The van der Waals surface area contributed by atoms with E-state index in [0.717, 1.165) is 78.4 Å². The van der Waals surface area contributed by atoms with Crippen molar-refractivity contribution in [2.45, 2.75) is 69.6 Å². The van der Waals surface area contributed by atoms with Gasteiger partial charge in [-0.3, -0.25) is 4.79 Å². The van der Waals surface area contributed by atoms with E-state index in [4.69, 9.17) is 4.74 Å². The second-order valence-corrected chi connectivity index (χ2v) is 13.6. The topological polar surface area (TPSA) is 58.9 Å². The zero-order valence-corrected chi connectivity index (χ0v) is 22.8. The first kappa shape index (κ1) is 24.7. The Kier molecular flexibility index (Phi) is 6.48. The molecule has 2 aromatic rings. The molecule has 4 nitrogen and oxygen atoms in total. The van der Waals surface area contributed by atoms with E-state index in [0.29, 0.717) is 16.6 Å². The Hall–Kier alpha value is -2.37. The number of aromatic hydroxyl groups is 1. The minimum Gasteiger partial charge on any atom is -0.508 e. The molecule has 8 rings (SSSR count). The first-order valence-corrected chi connectivity index (χ1v) is 15.4. The van der Waals surface area contributed by atoms with Crippen LogP contribution >= 0.6 is 11.8 Å². The quantitative estimate of drug-likeness (QED) is 0.413. The second-order valence-electron chi connectivity index (χ2n) is 12.6. The number of benzene rings is 2. The van der Waals surface area contributed by atoms with E-state index in [1.165, 1.54) is 44.1 Å². The molecule has 198 valence electrons. The summed E-state index contributed by atoms with van der Waals surface area (Å²) in [6.07, 6.45) is 14.3. The summed E-state index contributed by atoms with van der Waals surface area (Å²) in [7, 11) is 0. The maximum absolute atomic E-state index is 12.8. The maximum Gasteiger partial charge on any atom is 0.284 e. The summed E-state index contributed by atoms with van der Waals surface area (Å²) in [5.41, 5.74) is 4.71. The van der Waals surface area contributed by atoms with Gasteiger partial charge in [0.05, 0.1) is 9.95 Å². The number of rotatable bonds is 4. The smallest absolute Gasteiger partial charge is 0.284 e. The minimum atomic E-state index is -0.125. The second kappa shape index (κ2) is 9.98. The summed E-state index contributed by atoms with van der Waals surface area (Å²) in [4.78, 5) is 17.9. The lowest BCUT2D eigenvalue weighted by atomic mass is 9.48. The number of nitrogens with zero attached hydrogens (tertiary/aromatic N) is 1. The lowest BCUT2D eigenvalue weighted by molar-refractivity contribution is -0.113. The fourth-order valence-corrected chi connectivity index (χ4v) is 9.51. The lowest BCUT2D eigenvalue weighted by Gasteiger charge is -2.57. The molecule has 1 N–H and O–H groups in total. The molecule has 0 aromatic heterocycles. The summed E-state index contributed by atoms with van der Waals surface area (Å²) in [6, 6.07) is 14.6. The number of ether oxygens (including phenoxy) is 1. The molecule has 5 heteroatoms. The average molecular weight is 528 g/mol. The first-order valence-electron chi connectivity index (χ1n) is 14.6. The third-order valence-corrected chi connectivity index (χ3v) is 10.9. The van der Waals surface area contributed by atoms with Crippen LogP contribution in [0.15, 0.2) is 52.4 Å². The van der Waals surface area contributed by atoms with Crippen molar-refractivity contribution in [2.75, 3.05) is 13.2 Å². The van der Waals surface area contributed by atoms with E-state index in [1.807, 2.05) is 24.3 Å². The minimum absolute atomic E-state index is 0.125. The number of aliphatic imine (C=N–C) groups is 1.